The summed E-state index contributed by atoms with van der Waals surface area (Å²) in [6, 6.07) is 3.55. The Morgan fingerprint density at radius 2 is 2.24 bits per heavy atom. The van der Waals surface area contributed by atoms with E-state index in [9.17, 15) is 9.59 Å². The van der Waals surface area contributed by atoms with Crippen molar-refractivity contribution >= 4 is 11.9 Å². The molecule has 1 aromatic heterocycles. The highest BCUT2D eigenvalue weighted by Gasteiger charge is 2.50. The number of aliphatic carboxylic acids is 1. The van der Waals surface area contributed by atoms with Crippen molar-refractivity contribution < 1.29 is 14.7 Å². The fourth-order valence-corrected chi connectivity index (χ4v) is 1.67. The Balaban J connectivity index is 1.99. The number of aromatic nitrogens is 1. The highest BCUT2D eigenvalue weighted by atomic mass is 16.4. The molecule has 0 radical (unpaired) electrons. The van der Waals surface area contributed by atoms with Gasteiger partial charge in [0.15, 0.2) is 0 Å². The number of amides is 1. The number of hydrogen-bond donors (Lipinski definition) is 2. The second kappa shape index (κ2) is 4.16. The van der Waals surface area contributed by atoms with Crippen LogP contribution in [0.15, 0.2) is 18.3 Å². The smallest absolute Gasteiger partial charge is 0.311 e. The molecule has 1 aliphatic carbocycles. The molecule has 17 heavy (non-hydrogen) atoms. The summed E-state index contributed by atoms with van der Waals surface area (Å²) in [5, 5.41) is 11.6. The van der Waals surface area contributed by atoms with Crippen LogP contribution in [0, 0.1) is 12.3 Å². The number of hydrogen-bond acceptors (Lipinski definition) is 3. The molecular weight excluding hydrogens is 220 g/mol. The highest BCUT2D eigenvalue weighted by molar-refractivity contribution is 5.94. The molecule has 5 nitrogen and oxygen atoms in total. The standard InChI is InChI=1S/C12H14N2O3/c1-8-3-2-6-13-9(8)10(15)14-7-12(4-5-12)11(16)17/h2-3,6H,4-5,7H2,1H3,(H,14,15)(H,16,17). The summed E-state index contributed by atoms with van der Waals surface area (Å²) < 4.78 is 0. The van der Waals surface area contributed by atoms with Gasteiger partial charge in [0.05, 0.1) is 5.41 Å². The molecule has 0 atom stereocenters. The molecule has 1 saturated carbocycles. The third-order valence-corrected chi connectivity index (χ3v) is 3.12. The zero-order chi connectivity index (χ0) is 12.5. The van der Waals surface area contributed by atoms with Crippen molar-refractivity contribution in [3.8, 4) is 0 Å². The summed E-state index contributed by atoms with van der Waals surface area (Å²) in [4.78, 5) is 26.7. The number of rotatable bonds is 4. The molecule has 1 fully saturated rings. The maximum Gasteiger partial charge on any atom is 0.311 e. The third-order valence-electron chi connectivity index (χ3n) is 3.12. The molecule has 1 heterocycles. The summed E-state index contributed by atoms with van der Waals surface area (Å²) >= 11 is 0. The first-order valence-corrected chi connectivity index (χ1v) is 5.48. The summed E-state index contributed by atoms with van der Waals surface area (Å²) in [7, 11) is 0. The number of carboxylic acids is 1. The molecule has 0 aromatic carbocycles. The first kappa shape index (κ1) is 11.6. The summed E-state index contributed by atoms with van der Waals surface area (Å²) in [6.45, 7) is 1.98. The van der Waals surface area contributed by atoms with Crippen molar-refractivity contribution in [1.29, 1.82) is 0 Å². The summed E-state index contributed by atoms with van der Waals surface area (Å²) in [6.07, 6.45) is 2.81. The first-order chi connectivity index (χ1) is 8.05. The van der Waals surface area contributed by atoms with Gasteiger partial charge in [0.2, 0.25) is 0 Å². The van der Waals surface area contributed by atoms with E-state index in [0.29, 0.717) is 18.5 Å². The van der Waals surface area contributed by atoms with Crippen LogP contribution in [0.2, 0.25) is 0 Å². The Bertz CT molecular complexity index is 467. The van der Waals surface area contributed by atoms with Crippen molar-refractivity contribution in [3.05, 3.63) is 29.6 Å². The zero-order valence-corrected chi connectivity index (χ0v) is 9.56. The first-order valence-electron chi connectivity index (χ1n) is 5.48. The fraction of sp³-hybridized carbons (Fsp3) is 0.417. The van der Waals surface area contributed by atoms with Gasteiger partial charge in [0.25, 0.3) is 5.91 Å². The lowest BCUT2D eigenvalue weighted by Gasteiger charge is -2.11. The van der Waals surface area contributed by atoms with Gasteiger partial charge in [-0.2, -0.15) is 0 Å². The van der Waals surface area contributed by atoms with Crippen LogP contribution in [-0.2, 0) is 4.79 Å². The van der Waals surface area contributed by atoms with Crippen LogP contribution in [0.3, 0.4) is 0 Å². The van der Waals surface area contributed by atoms with E-state index in [-0.39, 0.29) is 12.5 Å². The average Bonchev–Trinajstić information content (AvgIpc) is 3.07. The van der Waals surface area contributed by atoms with Gasteiger partial charge >= 0.3 is 5.97 Å². The normalized spacial score (nSPS) is 16.3. The van der Waals surface area contributed by atoms with Crippen LogP contribution in [0.5, 0.6) is 0 Å². The van der Waals surface area contributed by atoms with Crippen molar-refractivity contribution in [2.24, 2.45) is 5.41 Å². The second-order valence-corrected chi connectivity index (χ2v) is 4.44. The molecule has 5 heteroatoms. The SMILES string of the molecule is Cc1cccnc1C(=O)NCC1(C(=O)O)CC1. The van der Waals surface area contributed by atoms with E-state index in [1.165, 1.54) is 0 Å². The van der Waals surface area contributed by atoms with E-state index in [0.717, 1.165) is 5.56 Å². The lowest BCUT2D eigenvalue weighted by atomic mass is 10.1. The molecule has 1 amide bonds. The Hall–Kier alpha value is -1.91. The quantitative estimate of drug-likeness (QED) is 0.814. The lowest BCUT2D eigenvalue weighted by Crippen LogP contribution is -2.34. The van der Waals surface area contributed by atoms with Crippen LogP contribution in [0.1, 0.15) is 28.9 Å². The van der Waals surface area contributed by atoms with E-state index in [2.05, 4.69) is 10.3 Å². The fourth-order valence-electron chi connectivity index (χ4n) is 1.67. The van der Waals surface area contributed by atoms with E-state index in [1.54, 1.807) is 25.3 Å². The van der Waals surface area contributed by atoms with E-state index >= 15 is 0 Å². The van der Waals surface area contributed by atoms with E-state index in [4.69, 9.17) is 5.11 Å². The molecule has 0 aliphatic heterocycles. The molecule has 1 aliphatic rings. The van der Waals surface area contributed by atoms with Gasteiger partial charge in [-0.1, -0.05) is 6.07 Å². The number of carbonyl (C=O) groups excluding carboxylic acids is 1. The second-order valence-electron chi connectivity index (χ2n) is 4.44. The van der Waals surface area contributed by atoms with E-state index < -0.39 is 11.4 Å². The Morgan fingerprint density at radius 1 is 1.53 bits per heavy atom. The zero-order valence-electron chi connectivity index (χ0n) is 9.56. The number of carboxylic acid groups (broad SMARTS) is 1. The number of aryl methyl sites for hydroxylation is 1. The predicted molar refractivity (Wildman–Crippen MR) is 60.6 cm³/mol. The minimum absolute atomic E-state index is 0.178. The number of carbonyl (C=O) groups is 2. The Kier molecular flexibility index (Phi) is 2.83. The molecule has 1 aromatic rings. The van der Waals surface area contributed by atoms with Gasteiger partial charge in [0.1, 0.15) is 5.69 Å². The minimum Gasteiger partial charge on any atom is -0.481 e. The molecule has 0 spiro atoms. The van der Waals surface area contributed by atoms with Gasteiger partial charge in [0, 0.05) is 12.7 Å². The molecule has 0 saturated heterocycles. The van der Waals surface area contributed by atoms with Crippen LogP contribution < -0.4 is 5.32 Å². The maximum absolute atomic E-state index is 11.8. The number of nitrogens with one attached hydrogen (secondary N) is 1. The monoisotopic (exact) mass is 234 g/mol. The largest absolute Gasteiger partial charge is 0.481 e. The Labute approximate surface area is 98.9 Å². The molecular formula is C12H14N2O3. The van der Waals surface area contributed by atoms with Crippen LogP contribution in [0.4, 0.5) is 0 Å². The molecule has 2 N–H and O–H groups in total. The van der Waals surface area contributed by atoms with Gasteiger partial charge in [-0.3, -0.25) is 14.6 Å². The van der Waals surface area contributed by atoms with Crippen molar-refractivity contribution in [1.82, 2.24) is 10.3 Å². The number of nitrogens with zero attached hydrogens (tertiary/aromatic N) is 1. The maximum atomic E-state index is 11.8. The van der Waals surface area contributed by atoms with Crippen LogP contribution in [0.25, 0.3) is 0 Å². The van der Waals surface area contributed by atoms with Gasteiger partial charge in [-0.05, 0) is 31.4 Å². The lowest BCUT2D eigenvalue weighted by molar-refractivity contribution is -0.143. The van der Waals surface area contributed by atoms with Crippen LogP contribution >= 0.6 is 0 Å². The van der Waals surface area contributed by atoms with Gasteiger partial charge in [-0.15, -0.1) is 0 Å². The number of pyridine rings is 1. The highest BCUT2D eigenvalue weighted by Crippen LogP contribution is 2.45. The van der Waals surface area contributed by atoms with Crippen molar-refractivity contribution in [3.63, 3.8) is 0 Å². The summed E-state index contributed by atoms with van der Waals surface area (Å²) in [5.74, 6) is -1.15. The van der Waals surface area contributed by atoms with E-state index in [1.807, 2.05) is 0 Å². The average molecular weight is 234 g/mol. The van der Waals surface area contributed by atoms with Crippen LogP contribution in [-0.4, -0.2) is 28.5 Å². The molecule has 2 rings (SSSR count). The molecule has 0 unspecified atom stereocenters. The third kappa shape index (κ3) is 2.27. The Morgan fingerprint density at radius 3 is 2.76 bits per heavy atom. The van der Waals surface area contributed by atoms with Crippen molar-refractivity contribution in [2.75, 3.05) is 6.54 Å². The minimum atomic E-state index is -0.837. The van der Waals surface area contributed by atoms with Gasteiger partial charge in [-0.25, -0.2) is 0 Å². The topological polar surface area (TPSA) is 79.3 Å². The molecule has 90 valence electrons. The molecule has 0 bridgehead atoms. The van der Waals surface area contributed by atoms with Gasteiger partial charge < -0.3 is 10.4 Å². The van der Waals surface area contributed by atoms with Crippen molar-refractivity contribution in [2.45, 2.75) is 19.8 Å². The predicted octanol–water partition coefficient (Wildman–Crippen LogP) is 0.985. The summed E-state index contributed by atoms with van der Waals surface area (Å²) in [5.41, 5.74) is 0.400.